The number of aromatic nitrogens is 3. The maximum absolute atomic E-state index is 11.3. The number of amides is 1. The Morgan fingerprint density at radius 2 is 1.76 bits per heavy atom. The zero-order chi connectivity index (χ0) is 24.3. The van der Waals surface area contributed by atoms with E-state index in [1.165, 1.54) is 6.20 Å². The number of ether oxygens (including phenoxy) is 3. The van der Waals surface area contributed by atoms with Gasteiger partial charge in [0.1, 0.15) is 54.5 Å². The van der Waals surface area contributed by atoms with Crippen LogP contribution < -0.4 is 5.32 Å². The van der Waals surface area contributed by atoms with Crippen molar-refractivity contribution in [1.29, 1.82) is 0 Å². The molecule has 2 aliphatic rings. The van der Waals surface area contributed by atoms with E-state index < -0.39 is 80.5 Å². The lowest BCUT2D eigenvalue weighted by molar-refractivity contribution is -0.347. The first-order valence-electron chi connectivity index (χ1n) is 10.1. The molecule has 0 unspecified atom stereocenters. The number of aliphatic hydroxyl groups excluding tert-OH is 7. The molecule has 1 aromatic rings. The molecule has 33 heavy (non-hydrogen) atoms. The van der Waals surface area contributed by atoms with Crippen molar-refractivity contribution in [3.63, 3.8) is 0 Å². The smallest absolute Gasteiger partial charge is 0.243 e. The van der Waals surface area contributed by atoms with Crippen molar-refractivity contribution in [1.82, 2.24) is 20.3 Å². The summed E-state index contributed by atoms with van der Waals surface area (Å²) < 4.78 is 17.5. The fourth-order valence-electron chi connectivity index (χ4n) is 3.56. The normalized spacial score (nSPS) is 39.2. The summed E-state index contributed by atoms with van der Waals surface area (Å²) in [6.45, 7) is 1.97. The Labute approximate surface area is 187 Å². The van der Waals surface area contributed by atoms with Crippen LogP contribution in [-0.2, 0) is 25.5 Å². The molecule has 0 saturated carbocycles. The molecule has 186 valence electrons. The predicted octanol–water partition coefficient (Wildman–Crippen LogP) is -5.12. The van der Waals surface area contributed by atoms with E-state index in [1.54, 1.807) is 0 Å². The fourth-order valence-corrected chi connectivity index (χ4v) is 3.56. The van der Waals surface area contributed by atoms with Crippen LogP contribution in [-0.4, -0.2) is 125 Å². The highest BCUT2D eigenvalue weighted by Gasteiger charge is 2.51. The number of hydrogen-bond acceptors (Lipinski definition) is 13. The molecule has 1 amide bonds. The zero-order valence-electron chi connectivity index (χ0n) is 17.4. The largest absolute Gasteiger partial charge is 0.394 e. The van der Waals surface area contributed by atoms with Crippen LogP contribution in [0.25, 0.3) is 0 Å². The summed E-state index contributed by atoms with van der Waals surface area (Å²) in [5.41, 5.74) is 0.315. The predicted molar refractivity (Wildman–Crippen MR) is 104 cm³/mol. The van der Waals surface area contributed by atoms with E-state index in [4.69, 9.17) is 14.2 Å². The van der Waals surface area contributed by atoms with Crippen LogP contribution in [0.1, 0.15) is 11.9 Å². The summed E-state index contributed by atoms with van der Waals surface area (Å²) in [7, 11) is 0. The molecule has 15 nitrogen and oxygen atoms in total. The third kappa shape index (κ3) is 5.38. The van der Waals surface area contributed by atoms with Crippen LogP contribution in [0.3, 0.4) is 0 Å². The number of nitrogens with one attached hydrogen (secondary N) is 1. The Morgan fingerprint density at radius 1 is 1.06 bits per heavy atom. The van der Waals surface area contributed by atoms with Crippen LogP contribution >= 0.6 is 0 Å². The average Bonchev–Trinajstić information content (AvgIpc) is 3.29. The van der Waals surface area contributed by atoms with Gasteiger partial charge in [0.05, 0.1) is 26.0 Å². The molecule has 3 rings (SSSR count). The second kappa shape index (κ2) is 10.9. The molecule has 0 radical (unpaired) electrons. The van der Waals surface area contributed by atoms with Crippen molar-refractivity contribution in [3.05, 3.63) is 24.5 Å². The lowest BCUT2D eigenvalue weighted by Crippen LogP contribution is -2.63. The number of rotatable bonds is 8. The van der Waals surface area contributed by atoms with E-state index in [-0.39, 0.29) is 6.54 Å². The van der Waals surface area contributed by atoms with E-state index >= 15 is 0 Å². The minimum atomic E-state index is -1.76. The van der Waals surface area contributed by atoms with E-state index in [1.807, 2.05) is 0 Å². The van der Waals surface area contributed by atoms with Crippen molar-refractivity contribution in [2.75, 3.05) is 13.2 Å². The van der Waals surface area contributed by atoms with Gasteiger partial charge in [0.15, 0.2) is 12.5 Å². The third-order valence-corrected chi connectivity index (χ3v) is 5.43. The molecule has 2 aliphatic heterocycles. The molecule has 0 aromatic carbocycles. The monoisotopic (exact) mass is 476 g/mol. The van der Waals surface area contributed by atoms with Crippen molar-refractivity contribution in [3.8, 4) is 0 Å². The summed E-state index contributed by atoms with van der Waals surface area (Å²) in [5, 5.41) is 80.4. The van der Waals surface area contributed by atoms with E-state index in [0.717, 1.165) is 10.8 Å². The Hall–Kier alpha value is -2.05. The van der Waals surface area contributed by atoms with Gasteiger partial charge in [-0.3, -0.25) is 4.79 Å². The first kappa shape index (κ1) is 25.6. The second-order valence-electron chi connectivity index (χ2n) is 7.64. The van der Waals surface area contributed by atoms with Gasteiger partial charge in [-0.15, -0.1) is 5.10 Å². The third-order valence-electron chi connectivity index (χ3n) is 5.43. The maximum atomic E-state index is 11.3. The van der Waals surface area contributed by atoms with Crippen molar-refractivity contribution < 1.29 is 54.8 Å². The van der Waals surface area contributed by atoms with Gasteiger partial charge in [-0.1, -0.05) is 11.8 Å². The lowest BCUT2D eigenvalue weighted by Gasteiger charge is -2.45. The van der Waals surface area contributed by atoms with Crippen LogP contribution in [0, 0.1) is 0 Å². The standard InChI is InChI=1S/C18H28N4O11/c1-2-10(25)19-3-7-4-22(21-20-7)17-14(29)13(28)16(9(6-24)31-17)33-18-15(30)12(27)11(26)8(5-23)32-18/h2,4,8-9,11-18,23-24,26-30H,1,3,5-6H2,(H,19,25)/t8-,9-,11-,12+,13-,14-,15-,16-,17-,18-/m1/s1. The molecule has 0 aliphatic carbocycles. The van der Waals surface area contributed by atoms with Gasteiger partial charge in [-0.2, -0.15) is 0 Å². The minimum Gasteiger partial charge on any atom is -0.394 e. The molecule has 10 atom stereocenters. The fraction of sp³-hybridized carbons (Fsp3) is 0.722. The van der Waals surface area contributed by atoms with Crippen LogP contribution in [0.4, 0.5) is 0 Å². The molecular formula is C18H28N4O11. The topological polar surface area (TPSA) is 229 Å². The van der Waals surface area contributed by atoms with Gasteiger partial charge in [0, 0.05) is 0 Å². The molecule has 2 saturated heterocycles. The van der Waals surface area contributed by atoms with Crippen molar-refractivity contribution in [2.45, 2.75) is 67.9 Å². The summed E-state index contributed by atoms with van der Waals surface area (Å²) in [5.74, 6) is -0.428. The zero-order valence-corrected chi connectivity index (χ0v) is 17.4. The van der Waals surface area contributed by atoms with Gasteiger partial charge in [-0.05, 0) is 6.08 Å². The second-order valence-corrected chi connectivity index (χ2v) is 7.64. The molecule has 2 fully saturated rings. The van der Waals surface area contributed by atoms with Crippen LogP contribution in [0.2, 0.25) is 0 Å². The Bertz CT molecular complexity index is 806. The molecule has 1 aromatic heterocycles. The molecule has 8 N–H and O–H groups in total. The SMILES string of the molecule is C=CC(=O)NCc1cn([C@@H]2O[C@H](CO)[C@@H](O[C@H]3O[C@H](CO)[C@@H](O)[C@H](O)[C@H]3O)[C@H](O)[C@H]2O)nn1. The van der Waals surface area contributed by atoms with Gasteiger partial charge < -0.3 is 55.3 Å². The van der Waals surface area contributed by atoms with E-state index in [2.05, 4.69) is 22.2 Å². The average molecular weight is 476 g/mol. The summed E-state index contributed by atoms with van der Waals surface area (Å²) in [6.07, 6.45) is -12.8. The van der Waals surface area contributed by atoms with Crippen LogP contribution in [0.15, 0.2) is 18.9 Å². The Morgan fingerprint density at radius 3 is 2.39 bits per heavy atom. The lowest BCUT2D eigenvalue weighted by atomic mass is 9.96. The summed E-state index contributed by atoms with van der Waals surface area (Å²) >= 11 is 0. The summed E-state index contributed by atoms with van der Waals surface area (Å²) in [6, 6.07) is 0. The van der Waals surface area contributed by atoms with Crippen molar-refractivity contribution in [2.24, 2.45) is 0 Å². The number of carbonyl (C=O) groups is 1. The Balaban J connectivity index is 1.71. The molecule has 0 bridgehead atoms. The maximum Gasteiger partial charge on any atom is 0.243 e. The van der Waals surface area contributed by atoms with Crippen molar-refractivity contribution >= 4 is 5.91 Å². The van der Waals surface area contributed by atoms with Gasteiger partial charge in [-0.25, -0.2) is 4.68 Å². The number of nitrogens with zero attached hydrogens (tertiary/aromatic N) is 3. The number of aliphatic hydroxyl groups is 7. The number of hydrogen-bond donors (Lipinski definition) is 8. The highest BCUT2D eigenvalue weighted by Crippen LogP contribution is 2.32. The molecule has 3 heterocycles. The quantitative estimate of drug-likeness (QED) is 0.164. The first-order valence-corrected chi connectivity index (χ1v) is 10.1. The minimum absolute atomic E-state index is 0.0164. The highest BCUT2D eigenvalue weighted by atomic mass is 16.7. The van der Waals surface area contributed by atoms with Gasteiger partial charge in [0.25, 0.3) is 0 Å². The molecule has 0 spiro atoms. The Kier molecular flexibility index (Phi) is 8.46. The first-order chi connectivity index (χ1) is 15.7. The van der Waals surface area contributed by atoms with Gasteiger partial charge in [0.2, 0.25) is 5.91 Å². The summed E-state index contributed by atoms with van der Waals surface area (Å²) in [4.78, 5) is 11.3. The highest BCUT2D eigenvalue weighted by molar-refractivity contribution is 5.86. The van der Waals surface area contributed by atoms with E-state index in [9.17, 15) is 40.5 Å². The van der Waals surface area contributed by atoms with E-state index in [0.29, 0.717) is 5.69 Å². The molecular weight excluding hydrogens is 448 g/mol. The van der Waals surface area contributed by atoms with Crippen LogP contribution in [0.5, 0.6) is 0 Å². The van der Waals surface area contributed by atoms with Gasteiger partial charge >= 0.3 is 0 Å². The number of carbonyl (C=O) groups excluding carboxylic acids is 1. The molecule has 15 heteroatoms.